The van der Waals surface area contributed by atoms with Crippen molar-refractivity contribution in [1.82, 2.24) is 8.10 Å². The molecule has 0 spiro atoms. The summed E-state index contributed by atoms with van der Waals surface area (Å²) in [6, 6.07) is 10.7. The van der Waals surface area contributed by atoms with Crippen LogP contribution in [0.1, 0.15) is 22.8 Å². The van der Waals surface area contributed by atoms with Crippen LogP contribution in [0.4, 0.5) is 0 Å². The topological polar surface area (TPSA) is 51.7 Å². The molecule has 0 saturated heterocycles. The maximum Gasteiger partial charge on any atom is 0.338 e. The van der Waals surface area contributed by atoms with Gasteiger partial charge >= 0.3 is 5.97 Å². The highest BCUT2D eigenvalue weighted by atomic mass is 127. The lowest BCUT2D eigenvalue weighted by atomic mass is 10.2. The van der Waals surface area contributed by atoms with Crippen molar-refractivity contribution in [2.24, 2.45) is 0 Å². The molecule has 0 N–H and O–H groups in total. The van der Waals surface area contributed by atoms with Gasteiger partial charge in [-0.1, -0.05) is 6.07 Å². The molecule has 0 amide bonds. The number of hydrogen-bond donors (Lipinski definition) is 0. The lowest BCUT2D eigenvalue weighted by Crippen LogP contribution is -2.06. The molecule has 1 aromatic heterocycles. The molecule has 1 heterocycles. The quantitative estimate of drug-likeness (QED) is 0.410. The van der Waals surface area contributed by atoms with E-state index in [-0.39, 0.29) is 5.97 Å². The average Bonchev–Trinajstić information content (AvgIpc) is 2.50. The number of benzene rings is 1. The maximum absolute atomic E-state index is 11.6. The van der Waals surface area contributed by atoms with Crippen LogP contribution in [0, 0.1) is 0 Å². The van der Waals surface area contributed by atoms with Crippen LogP contribution in [0.2, 0.25) is 0 Å². The van der Waals surface area contributed by atoms with E-state index >= 15 is 0 Å². The summed E-state index contributed by atoms with van der Waals surface area (Å²) in [6.45, 7) is 2.87. The second kappa shape index (κ2) is 8.09. The average molecular weight is 412 g/mol. The summed E-state index contributed by atoms with van der Waals surface area (Å²) in [4.78, 5) is 15.9. The van der Waals surface area contributed by atoms with E-state index in [2.05, 4.69) is 27.8 Å². The second-order valence-corrected chi connectivity index (χ2v) is 6.22. The Kier molecular flexibility index (Phi) is 6.14. The smallest absolute Gasteiger partial charge is 0.338 e. The van der Waals surface area contributed by atoms with Crippen molar-refractivity contribution in [2.45, 2.75) is 13.5 Å². The molecule has 6 heteroatoms. The van der Waals surface area contributed by atoms with Crippen LogP contribution in [0.3, 0.4) is 0 Å². The van der Waals surface area contributed by atoms with Crippen molar-refractivity contribution in [3.05, 3.63) is 53.7 Å². The molecule has 22 heavy (non-hydrogen) atoms. The molecular weight excluding hydrogens is 395 g/mol. The third-order valence-electron chi connectivity index (χ3n) is 2.82. The van der Waals surface area contributed by atoms with Gasteiger partial charge in [0.05, 0.1) is 12.2 Å². The molecule has 116 valence electrons. The first-order valence-electron chi connectivity index (χ1n) is 6.86. The standard InChI is InChI=1S/C16H17IN2O3/c1-3-21-16(20)12-6-8-14(9-7-12)22-15-13(11-19(2)17)5-4-10-18-15/h4-10H,3,11H2,1-2H3. The zero-order valence-corrected chi connectivity index (χ0v) is 14.6. The molecule has 5 nitrogen and oxygen atoms in total. The molecule has 0 atom stereocenters. The van der Waals surface area contributed by atoms with Crippen molar-refractivity contribution in [3.63, 3.8) is 0 Å². The molecule has 0 aliphatic carbocycles. The number of ether oxygens (including phenoxy) is 2. The number of rotatable bonds is 6. The Labute approximate surface area is 143 Å². The van der Waals surface area contributed by atoms with E-state index in [0.29, 0.717) is 23.8 Å². The van der Waals surface area contributed by atoms with Gasteiger partial charge in [-0.05, 0) is 44.3 Å². The first-order chi connectivity index (χ1) is 10.6. The van der Waals surface area contributed by atoms with Gasteiger partial charge in [-0.3, -0.25) is 0 Å². The normalized spacial score (nSPS) is 10.5. The molecule has 2 rings (SSSR count). The van der Waals surface area contributed by atoms with Crippen LogP contribution in [0.15, 0.2) is 42.6 Å². The third kappa shape index (κ3) is 4.67. The predicted octanol–water partition coefficient (Wildman–Crippen LogP) is 3.83. The van der Waals surface area contributed by atoms with Gasteiger partial charge in [0, 0.05) is 41.2 Å². The molecule has 0 unspecified atom stereocenters. The Balaban J connectivity index is 2.13. The number of carbonyl (C=O) groups excluding carboxylic acids is 1. The summed E-state index contributed by atoms with van der Waals surface area (Å²) < 4.78 is 12.8. The summed E-state index contributed by atoms with van der Waals surface area (Å²) in [6.07, 6.45) is 1.69. The van der Waals surface area contributed by atoms with Crippen molar-refractivity contribution in [1.29, 1.82) is 0 Å². The van der Waals surface area contributed by atoms with E-state index in [0.717, 1.165) is 12.1 Å². The van der Waals surface area contributed by atoms with Crippen LogP contribution in [-0.2, 0) is 11.3 Å². The van der Waals surface area contributed by atoms with Crippen molar-refractivity contribution >= 4 is 28.8 Å². The summed E-state index contributed by atoms with van der Waals surface area (Å²) >= 11 is 2.21. The summed E-state index contributed by atoms with van der Waals surface area (Å²) in [7, 11) is 1.98. The minimum absolute atomic E-state index is 0.334. The Morgan fingerprint density at radius 1 is 1.27 bits per heavy atom. The molecule has 0 aliphatic rings. The van der Waals surface area contributed by atoms with Crippen LogP contribution in [0.5, 0.6) is 11.6 Å². The molecule has 0 saturated carbocycles. The fourth-order valence-electron chi connectivity index (χ4n) is 1.86. The van der Waals surface area contributed by atoms with Crippen molar-refractivity contribution < 1.29 is 14.3 Å². The Hall–Kier alpha value is -1.67. The first-order valence-corrected chi connectivity index (χ1v) is 7.82. The first kappa shape index (κ1) is 16.7. The van der Waals surface area contributed by atoms with Gasteiger partial charge in [-0.15, -0.1) is 0 Å². The highest BCUT2D eigenvalue weighted by Gasteiger charge is 2.09. The number of aromatic nitrogens is 1. The molecule has 0 fully saturated rings. The van der Waals surface area contributed by atoms with Crippen molar-refractivity contribution in [2.75, 3.05) is 13.7 Å². The molecule has 2 aromatic rings. The third-order valence-corrected chi connectivity index (χ3v) is 3.16. The van der Waals surface area contributed by atoms with E-state index in [1.54, 1.807) is 37.4 Å². The summed E-state index contributed by atoms with van der Waals surface area (Å²) in [5.41, 5.74) is 1.50. The van der Waals surface area contributed by atoms with Gasteiger partial charge in [-0.2, -0.15) is 0 Å². The zero-order valence-electron chi connectivity index (χ0n) is 12.5. The van der Waals surface area contributed by atoms with E-state index < -0.39 is 0 Å². The molecule has 0 bridgehead atoms. The number of carbonyl (C=O) groups is 1. The van der Waals surface area contributed by atoms with Gasteiger partial charge in [0.15, 0.2) is 0 Å². The number of nitrogens with zero attached hydrogens (tertiary/aromatic N) is 2. The monoisotopic (exact) mass is 412 g/mol. The highest BCUT2D eigenvalue weighted by molar-refractivity contribution is 14.1. The van der Waals surface area contributed by atoms with E-state index in [1.165, 1.54) is 0 Å². The fraction of sp³-hybridized carbons (Fsp3) is 0.250. The Bertz CT molecular complexity index is 630. The Morgan fingerprint density at radius 3 is 2.64 bits per heavy atom. The number of esters is 1. The lowest BCUT2D eigenvalue weighted by Gasteiger charge is -2.12. The maximum atomic E-state index is 11.6. The summed E-state index contributed by atoms with van der Waals surface area (Å²) in [5, 5.41) is 0. The molecule has 0 aliphatic heterocycles. The Morgan fingerprint density at radius 2 is 2.00 bits per heavy atom. The number of pyridine rings is 1. The fourth-order valence-corrected chi connectivity index (χ4v) is 2.22. The number of halogens is 1. The summed E-state index contributed by atoms with van der Waals surface area (Å²) in [5.74, 6) is 0.859. The number of hydrogen-bond acceptors (Lipinski definition) is 5. The van der Waals surface area contributed by atoms with E-state index in [4.69, 9.17) is 9.47 Å². The zero-order chi connectivity index (χ0) is 15.9. The van der Waals surface area contributed by atoms with Crippen LogP contribution in [0.25, 0.3) is 0 Å². The molecule has 0 radical (unpaired) electrons. The van der Waals surface area contributed by atoms with Crippen LogP contribution in [-0.4, -0.2) is 27.7 Å². The SMILES string of the molecule is CCOC(=O)c1ccc(Oc2ncccc2CN(C)I)cc1. The van der Waals surface area contributed by atoms with Crippen LogP contribution < -0.4 is 4.74 Å². The predicted molar refractivity (Wildman–Crippen MR) is 92.2 cm³/mol. The lowest BCUT2D eigenvalue weighted by molar-refractivity contribution is 0.0526. The van der Waals surface area contributed by atoms with Gasteiger partial charge in [0.2, 0.25) is 5.88 Å². The van der Waals surface area contributed by atoms with Gasteiger partial charge in [-0.25, -0.2) is 12.9 Å². The minimum atomic E-state index is -0.334. The van der Waals surface area contributed by atoms with E-state index in [1.807, 2.05) is 22.3 Å². The molecule has 1 aromatic carbocycles. The van der Waals surface area contributed by atoms with Crippen LogP contribution >= 0.6 is 22.9 Å². The van der Waals surface area contributed by atoms with Gasteiger partial charge in [0.25, 0.3) is 0 Å². The van der Waals surface area contributed by atoms with Crippen molar-refractivity contribution in [3.8, 4) is 11.6 Å². The highest BCUT2D eigenvalue weighted by Crippen LogP contribution is 2.24. The second-order valence-electron chi connectivity index (χ2n) is 4.58. The molecular formula is C16H17IN2O3. The van der Waals surface area contributed by atoms with Gasteiger partial charge < -0.3 is 9.47 Å². The largest absolute Gasteiger partial charge is 0.462 e. The van der Waals surface area contributed by atoms with E-state index in [9.17, 15) is 4.79 Å². The minimum Gasteiger partial charge on any atom is -0.462 e. The van der Waals surface area contributed by atoms with Gasteiger partial charge in [0.1, 0.15) is 5.75 Å².